The van der Waals surface area contributed by atoms with E-state index in [0.29, 0.717) is 5.59 Å². The van der Waals surface area contributed by atoms with E-state index in [9.17, 15) is 10.1 Å². The van der Waals surface area contributed by atoms with Gasteiger partial charge in [-0.15, -0.1) is 0 Å². The molecule has 0 unspecified atom stereocenters. The molecule has 0 aliphatic carbocycles. The van der Waals surface area contributed by atoms with E-state index in [-0.39, 0.29) is 0 Å². The third kappa shape index (κ3) is 2.85. The van der Waals surface area contributed by atoms with Crippen LogP contribution < -0.4 is 5.59 Å². The topological polar surface area (TPSA) is 62.6 Å². The van der Waals surface area contributed by atoms with Crippen LogP contribution in [0.15, 0.2) is 36.5 Å². The lowest BCUT2D eigenvalue weighted by atomic mass is 9.78. The van der Waals surface area contributed by atoms with E-state index in [2.05, 4.69) is 4.98 Å². The average Bonchev–Trinajstić information content (AvgIpc) is 2.36. The van der Waals surface area contributed by atoms with E-state index in [4.69, 9.17) is 4.65 Å². The summed E-state index contributed by atoms with van der Waals surface area (Å²) in [5.41, 5.74) is -1.54. The molecule has 20 heavy (non-hydrogen) atoms. The summed E-state index contributed by atoms with van der Waals surface area (Å²) in [6, 6.07) is 9.55. The number of nitrogens with zero attached hydrogens (tertiary/aromatic N) is 1. The monoisotopic (exact) mass is 273 g/mol. The number of aliphatic hydroxyl groups is 1. The van der Waals surface area contributed by atoms with Crippen molar-refractivity contribution in [3.8, 4) is 0 Å². The van der Waals surface area contributed by atoms with E-state index in [1.165, 1.54) is 0 Å². The quantitative estimate of drug-likeness (QED) is 0.828. The van der Waals surface area contributed by atoms with Crippen molar-refractivity contribution in [2.45, 2.75) is 38.9 Å². The number of aromatic nitrogens is 1. The maximum atomic E-state index is 10.3. The van der Waals surface area contributed by atoms with Crippen LogP contribution in [0.2, 0.25) is 0 Å². The van der Waals surface area contributed by atoms with Crippen molar-refractivity contribution >= 4 is 23.5 Å². The number of hydrogen-bond acceptors (Lipinski definition) is 4. The van der Waals surface area contributed by atoms with Crippen molar-refractivity contribution in [3.63, 3.8) is 0 Å². The summed E-state index contributed by atoms with van der Waals surface area (Å²) in [4.78, 5) is 4.22. The average molecular weight is 273 g/mol. The second kappa shape index (κ2) is 5.16. The third-order valence-electron chi connectivity index (χ3n) is 3.82. The molecule has 5 heteroatoms. The zero-order valence-corrected chi connectivity index (χ0v) is 12.3. The van der Waals surface area contributed by atoms with Gasteiger partial charge in [0, 0.05) is 6.20 Å². The number of rotatable bonds is 4. The Morgan fingerprint density at radius 1 is 1.10 bits per heavy atom. The molecule has 0 fully saturated rings. The van der Waals surface area contributed by atoms with Crippen LogP contribution >= 0.6 is 0 Å². The first-order chi connectivity index (χ1) is 9.22. The predicted molar refractivity (Wildman–Crippen MR) is 80.8 cm³/mol. The van der Waals surface area contributed by atoms with E-state index in [0.717, 1.165) is 10.8 Å². The summed E-state index contributed by atoms with van der Waals surface area (Å²) in [5.74, 6) is 0. The van der Waals surface area contributed by atoms with Gasteiger partial charge in [0.1, 0.15) is 0 Å². The minimum Gasteiger partial charge on any atom is -0.422 e. The first-order valence-electron chi connectivity index (χ1n) is 6.64. The Labute approximate surface area is 119 Å². The molecule has 0 amide bonds. The Hall–Kier alpha value is -1.43. The Morgan fingerprint density at radius 3 is 2.40 bits per heavy atom. The summed E-state index contributed by atoms with van der Waals surface area (Å²) in [7, 11) is -1.19. The van der Waals surface area contributed by atoms with Gasteiger partial charge in [0.05, 0.1) is 16.8 Å². The normalized spacial score (nSPS) is 12.7. The van der Waals surface area contributed by atoms with Gasteiger partial charge in [-0.3, -0.25) is 4.98 Å². The summed E-state index contributed by atoms with van der Waals surface area (Å²) < 4.78 is 5.64. The molecule has 0 atom stereocenters. The smallest absolute Gasteiger partial charge is 0.422 e. The molecule has 2 aromatic rings. The van der Waals surface area contributed by atoms with E-state index >= 15 is 0 Å². The predicted octanol–water partition coefficient (Wildman–Crippen LogP) is 1.49. The molecular weight excluding hydrogens is 253 g/mol. The zero-order chi connectivity index (χ0) is 15.0. The van der Waals surface area contributed by atoms with Crippen LogP contribution in [0.5, 0.6) is 0 Å². The van der Waals surface area contributed by atoms with Crippen molar-refractivity contribution in [2.24, 2.45) is 0 Å². The lowest BCUT2D eigenvalue weighted by Crippen LogP contribution is -2.53. The highest BCUT2D eigenvalue weighted by Gasteiger charge is 2.40. The van der Waals surface area contributed by atoms with Gasteiger partial charge in [-0.1, -0.05) is 24.3 Å². The summed E-state index contributed by atoms with van der Waals surface area (Å²) in [6.07, 6.45) is 1.64. The Bertz CT molecular complexity index is 602. The van der Waals surface area contributed by atoms with Crippen LogP contribution in [-0.2, 0) is 4.65 Å². The van der Waals surface area contributed by atoms with Crippen LogP contribution in [0.1, 0.15) is 27.7 Å². The van der Waals surface area contributed by atoms with Gasteiger partial charge >= 0.3 is 7.12 Å². The number of fused-ring (bicyclic) bond motifs is 1. The molecule has 0 spiro atoms. The molecule has 4 nitrogen and oxygen atoms in total. The van der Waals surface area contributed by atoms with Crippen molar-refractivity contribution in [1.29, 1.82) is 0 Å². The Morgan fingerprint density at radius 2 is 1.75 bits per heavy atom. The van der Waals surface area contributed by atoms with Crippen molar-refractivity contribution in [2.75, 3.05) is 0 Å². The Balaban J connectivity index is 2.35. The fourth-order valence-corrected chi connectivity index (χ4v) is 1.82. The summed E-state index contributed by atoms with van der Waals surface area (Å²) >= 11 is 0. The molecule has 1 heterocycles. The van der Waals surface area contributed by atoms with E-state index in [1.807, 2.05) is 30.3 Å². The molecule has 0 aliphatic heterocycles. The third-order valence-corrected chi connectivity index (χ3v) is 3.82. The van der Waals surface area contributed by atoms with Gasteiger partial charge in [0.15, 0.2) is 0 Å². The minimum absolute atomic E-state index is 0.459. The van der Waals surface area contributed by atoms with E-state index < -0.39 is 18.3 Å². The molecule has 2 N–H and O–H groups in total. The molecule has 106 valence electrons. The summed E-state index contributed by atoms with van der Waals surface area (Å²) in [5, 5.41) is 22.2. The van der Waals surface area contributed by atoms with Crippen molar-refractivity contribution < 1.29 is 14.8 Å². The molecule has 0 bridgehead atoms. The first-order valence-corrected chi connectivity index (χ1v) is 6.64. The number of pyridine rings is 1. The van der Waals surface area contributed by atoms with Crippen LogP contribution in [0.4, 0.5) is 0 Å². The maximum absolute atomic E-state index is 10.3. The molecule has 2 rings (SSSR count). The second-order valence-corrected chi connectivity index (χ2v) is 5.96. The SMILES string of the molecule is CC(C)(O)C(C)(C)OB(O)c1nccc2ccccc12. The second-order valence-electron chi connectivity index (χ2n) is 5.96. The lowest BCUT2D eigenvalue weighted by Gasteiger charge is -2.38. The fourth-order valence-electron chi connectivity index (χ4n) is 1.82. The standard InChI is InChI=1S/C15H20BNO3/c1-14(2,18)15(3,4)20-16(19)13-12-8-6-5-7-11(12)9-10-17-13/h5-10,18-19H,1-4H3. The van der Waals surface area contributed by atoms with Crippen LogP contribution in [0, 0.1) is 0 Å². The highest BCUT2D eigenvalue weighted by atomic mass is 16.5. The van der Waals surface area contributed by atoms with Crippen LogP contribution in [0.3, 0.4) is 0 Å². The van der Waals surface area contributed by atoms with Crippen molar-refractivity contribution in [3.05, 3.63) is 36.5 Å². The van der Waals surface area contributed by atoms with Gasteiger partial charge in [0.25, 0.3) is 0 Å². The fraction of sp³-hybridized carbons (Fsp3) is 0.400. The van der Waals surface area contributed by atoms with Crippen LogP contribution in [0.25, 0.3) is 10.8 Å². The molecule has 0 radical (unpaired) electrons. The largest absolute Gasteiger partial charge is 0.511 e. The maximum Gasteiger partial charge on any atom is 0.511 e. The van der Waals surface area contributed by atoms with Gasteiger partial charge < -0.3 is 14.8 Å². The van der Waals surface area contributed by atoms with Gasteiger partial charge in [-0.05, 0) is 44.5 Å². The number of hydrogen-bond donors (Lipinski definition) is 2. The lowest BCUT2D eigenvalue weighted by molar-refractivity contribution is -0.0983. The molecule has 0 aliphatic rings. The molecule has 1 aromatic carbocycles. The van der Waals surface area contributed by atoms with Crippen LogP contribution in [-0.4, -0.2) is 33.4 Å². The van der Waals surface area contributed by atoms with Gasteiger partial charge in [-0.2, -0.15) is 0 Å². The van der Waals surface area contributed by atoms with Gasteiger partial charge in [-0.25, -0.2) is 0 Å². The molecular formula is C15H20BNO3. The molecule has 0 saturated carbocycles. The highest BCUT2D eigenvalue weighted by Crippen LogP contribution is 2.25. The zero-order valence-electron chi connectivity index (χ0n) is 12.3. The molecule has 0 saturated heterocycles. The Kier molecular flexibility index (Phi) is 3.87. The van der Waals surface area contributed by atoms with Gasteiger partial charge in [0.2, 0.25) is 0 Å². The minimum atomic E-state index is -1.19. The highest BCUT2D eigenvalue weighted by molar-refractivity contribution is 6.62. The first kappa shape index (κ1) is 15.0. The van der Waals surface area contributed by atoms with E-state index in [1.54, 1.807) is 33.9 Å². The number of benzene rings is 1. The van der Waals surface area contributed by atoms with Crippen molar-refractivity contribution in [1.82, 2.24) is 4.98 Å². The summed E-state index contributed by atoms with van der Waals surface area (Å²) in [6.45, 7) is 6.77. The molecule has 1 aromatic heterocycles.